The summed E-state index contributed by atoms with van der Waals surface area (Å²) in [5, 5.41) is 0. The standard InChI is InChI=1S/C13H18N2O2/c1-3-9(2)10(14)8-15-11-6-4-5-7-12(11)17-13(15)16/h4-7,9-10H,3,8,14H2,1-2H3. The number of aromatic nitrogens is 1. The van der Waals surface area contributed by atoms with Crippen LogP contribution in [-0.4, -0.2) is 10.6 Å². The molecule has 0 amide bonds. The lowest BCUT2D eigenvalue weighted by molar-refractivity contribution is 0.382. The van der Waals surface area contributed by atoms with E-state index in [-0.39, 0.29) is 11.8 Å². The molecule has 2 atom stereocenters. The zero-order valence-electron chi connectivity index (χ0n) is 10.2. The van der Waals surface area contributed by atoms with Gasteiger partial charge in [0, 0.05) is 12.6 Å². The van der Waals surface area contributed by atoms with Crippen molar-refractivity contribution in [2.75, 3.05) is 0 Å². The lowest BCUT2D eigenvalue weighted by Gasteiger charge is -2.18. The molecule has 0 aliphatic carbocycles. The first-order chi connectivity index (χ1) is 8.13. The van der Waals surface area contributed by atoms with Crippen molar-refractivity contribution in [2.45, 2.75) is 32.9 Å². The van der Waals surface area contributed by atoms with Crippen LogP contribution in [0.15, 0.2) is 33.5 Å². The van der Waals surface area contributed by atoms with Crippen molar-refractivity contribution in [3.63, 3.8) is 0 Å². The SMILES string of the molecule is CCC(C)C(N)Cn1c(=O)oc2ccccc21. The maximum Gasteiger partial charge on any atom is 0.420 e. The molecule has 0 spiro atoms. The number of hydrogen-bond donors (Lipinski definition) is 1. The Labute approximate surface area is 100 Å². The summed E-state index contributed by atoms with van der Waals surface area (Å²) >= 11 is 0. The summed E-state index contributed by atoms with van der Waals surface area (Å²) < 4.78 is 6.78. The van der Waals surface area contributed by atoms with E-state index < -0.39 is 0 Å². The molecule has 1 aromatic heterocycles. The number of rotatable bonds is 4. The van der Waals surface area contributed by atoms with E-state index in [2.05, 4.69) is 13.8 Å². The fourth-order valence-electron chi connectivity index (χ4n) is 1.88. The maximum atomic E-state index is 11.7. The number of benzene rings is 1. The highest BCUT2D eigenvalue weighted by Gasteiger charge is 2.15. The van der Waals surface area contributed by atoms with E-state index in [4.69, 9.17) is 10.2 Å². The van der Waals surface area contributed by atoms with Crippen LogP contribution in [0, 0.1) is 5.92 Å². The summed E-state index contributed by atoms with van der Waals surface area (Å²) in [5.74, 6) is 0.0560. The minimum atomic E-state index is -0.329. The molecule has 2 N–H and O–H groups in total. The highest BCUT2D eigenvalue weighted by atomic mass is 16.4. The Kier molecular flexibility index (Phi) is 3.33. The third kappa shape index (κ3) is 2.26. The Morgan fingerprint density at radius 1 is 1.41 bits per heavy atom. The molecular formula is C13H18N2O2. The van der Waals surface area contributed by atoms with Crippen LogP contribution < -0.4 is 11.5 Å². The first kappa shape index (κ1) is 11.9. The molecule has 92 valence electrons. The normalized spacial score (nSPS) is 15.0. The lowest BCUT2D eigenvalue weighted by atomic mass is 10.0. The van der Waals surface area contributed by atoms with Gasteiger partial charge in [0.25, 0.3) is 0 Å². The number of oxazole rings is 1. The lowest BCUT2D eigenvalue weighted by Crippen LogP contribution is -2.35. The topological polar surface area (TPSA) is 61.2 Å². The maximum absolute atomic E-state index is 11.7. The third-order valence-electron chi connectivity index (χ3n) is 3.34. The highest BCUT2D eigenvalue weighted by Crippen LogP contribution is 2.14. The van der Waals surface area contributed by atoms with E-state index in [1.165, 1.54) is 0 Å². The fourth-order valence-corrected chi connectivity index (χ4v) is 1.88. The molecule has 2 unspecified atom stereocenters. The average Bonchev–Trinajstić information content (AvgIpc) is 2.65. The van der Waals surface area contributed by atoms with E-state index in [9.17, 15) is 4.79 Å². The van der Waals surface area contributed by atoms with E-state index in [1.54, 1.807) is 10.6 Å². The van der Waals surface area contributed by atoms with Crippen LogP contribution in [0.2, 0.25) is 0 Å². The summed E-state index contributed by atoms with van der Waals surface area (Å²) in [6.07, 6.45) is 1.01. The molecule has 4 heteroatoms. The molecule has 0 saturated carbocycles. The van der Waals surface area contributed by atoms with E-state index >= 15 is 0 Å². The molecule has 2 rings (SSSR count). The van der Waals surface area contributed by atoms with Gasteiger partial charge in [-0.15, -0.1) is 0 Å². The van der Waals surface area contributed by atoms with Crippen molar-refractivity contribution >= 4 is 11.1 Å². The number of nitrogens with two attached hydrogens (primary N) is 1. The van der Waals surface area contributed by atoms with Crippen LogP contribution in [0.4, 0.5) is 0 Å². The van der Waals surface area contributed by atoms with Gasteiger partial charge >= 0.3 is 5.76 Å². The molecule has 0 radical (unpaired) electrons. The summed E-state index contributed by atoms with van der Waals surface area (Å²) in [5.41, 5.74) is 7.51. The van der Waals surface area contributed by atoms with Crippen molar-refractivity contribution in [3.05, 3.63) is 34.8 Å². The molecule has 0 bridgehead atoms. The Balaban J connectivity index is 2.35. The largest absolute Gasteiger partial charge is 0.420 e. The van der Waals surface area contributed by atoms with Gasteiger partial charge < -0.3 is 10.2 Å². The van der Waals surface area contributed by atoms with Crippen LogP contribution in [0.5, 0.6) is 0 Å². The van der Waals surface area contributed by atoms with Crippen molar-refractivity contribution < 1.29 is 4.42 Å². The summed E-state index contributed by atoms with van der Waals surface area (Å²) in [6.45, 7) is 4.70. The van der Waals surface area contributed by atoms with Crippen molar-refractivity contribution in [1.29, 1.82) is 0 Å². The van der Waals surface area contributed by atoms with E-state index in [1.807, 2.05) is 18.2 Å². The van der Waals surface area contributed by atoms with E-state index in [0.717, 1.165) is 11.9 Å². The van der Waals surface area contributed by atoms with Gasteiger partial charge in [-0.05, 0) is 18.1 Å². The predicted molar refractivity (Wildman–Crippen MR) is 67.9 cm³/mol. The third-order valence-corrected chi connectivity index (χ3v) is 3.34. The van der Waals surface area contributed by atoms with Gasteiger partial charge in [0.05, 0.1) is 5.52 Å². The summed E-state index contributed by atoms with van der Waals surface area (Å²) in [4.78, 5) is 11.7. The molecule has 4 nitrogen and oxygen atoms in total. The minimum Gasteiger partial charge on any atom is -0.408 e. The smallest absolute Gasteiger partial charge is 0.408 e. The summed E-state index contributed by atoms with van der Waals surface area (Å²) in [6, 6.07) is 7.39. The zero-order chi connectivity index (χ0) is 12.4. The van der Waals surface area contributed by atoms with Gasteiger partial charge in [0.15, 0.2) is 5.58 Å². The van der Waals surface area contributed by atoms with Crippen LogP contribution >= 0.6 is 0 Å². The van der Waals surface area contributed by atoms with Crippen LogP contribution in [0.1, 0.15) is 20.3 Å². The zero-order valence-corrected chi connectivity index (χ0v) is 10.2. The van der Waals surface area contributed by atoms with Crippen molar-refractivity contribution in [3.8, 4) is 0 Å². The second-order valence-electron chi connectivity index (χ2n) is 4.50. The molecule has 17 heavy (non-hydrogen) atoms. The quantitative estimate of drug-likeness (QED) is 0.879. The number of fused-ring (bicyclic) bond motifs is 1. The second kappa shape index (κ2) is 4.75. The minimum absolute atomic E-state index is 0.0290. The van der Waals surface area contributed by atoms with Gasteiger partial charge in [-0.3, -0.25) is 4.57 Å². The van der Waals surface area contributed by atoms with E-state index in [0.29, 0.717) is 18.0 Å². The van der Waals surface area contributed by atoms with Crippen LogP contribution in [-0.2, 0) is 6.54 Å². The number of hydrogen-bond acceptors (Lipinski definition) is 3. The van der Waals surface area contributed by atoms with Crippen LogP contribution in [0.3, 0.4) is 0 Å². The Bertz CT molecular complexity index is 556. The van der Waals surface area contributed by atoms with Gasteiger partial charge in [0.1, 0.15) is 0 Å². The van der Waals surface area contributed by atoms with Gasteiger partial charge in [0.2, 0.25) is 0 Å². The molecule has 0 aliphatic heterocycles. The number of nitrogens with zero attached hydrogens (tertiary/aromatic N) is 1. The van der Waals surface area contributed by atoms with Gasteiger partial charge in [-0.25, -0.2) is 4.79 Å². The van der Waals surface area contributed by atoms with Crippen LogP contribution in [0.25, 0.3) is 11.1 Å². The molecular weight excluding hydrogens is 216 g/mol. The van der Waals surface area contributed by atoms with Crippen molar-refractivity contribution in [1.82, 2.24) is 4.57 Å². The van der Waals surface area contributed by atoms with Crippen molar-refractivity contribution in [2.24, 2.45) is 11.7 Å². The molecule has 1 aromatic carbocycles. The Morgan fingerprint density at radius 2 is 2.12 bits per heavy atom. The fraction of sp³-hybridized carbons (Fsp3) is 0.462. The molecule has 0 fully saturated rings. The molecule has 1 heterocycles. The number of para-hydroxylation sites is 2. The first-order valence-corrected chi connectivity index (χ1v) is 5.97. The average molecular weight is 234 g/mol. The molecule has 0 saturated heterocycles. The first-order valence-electron chi connectivity index (χ1n) is 5.97. The second-order valence-corrected chi connectivity index (χ2v) is 4.50. The Morgan fingerprint density at radius 3 is 2.82 bits per heavy atom. The van der Waals surface area contributed by atoms with Gasteiger partial charge in [-0.2, -0.15) is 0 Å². The summed E-state index contributed by atoms with van der Waals surface area (Å²) in [7, 11) is 0. The predicted octanol–water partition coefficient (Wildman–Crippen LogP) is 1.97. The molecule has 0 aliphatic rings. The highest BCUT2D eigenvalue weighted by molar-refractivity contribution is 5.72. The van der Waals surface area contributed by atoms with Gasteiger partial charge in [-0.1, -0.05) is 32.4 Å². The monoisotopic (exact) mass is 234 g/mol. The Hall–Kier alpha value is -1.55. The molecule has 2 aromatic rings.